The number of amides is 2. The van der Waals surface area contributed by atoms with Gasteiger partial charge in [-0.2, -0.15) is 0 Å². The first kappa shape index (κ1) is 23.3. The molecule has 1 heterocycles. The van der Waals surface area contributed by atoms with Crippen LogP contribution in [0.15, 0.2) is 54.6 Å². The van der Waals surface area contributed by atoms with Crippen molar-refractivity contribution in [1.29, 1.82) is 0 Å². The number of carboxylic acids is 1. The molecule has 0 radical (unpaired) electrons. The molecule has 3 rings (SSSR count). The number of benzene rings is 2. The Hall–Kier alpha value is -3.39. The second-order valence-electron chi connectivity index (χ2n) is 8.82. The summed E-state index contributed by atoms with van der Waals surface area (Å²) < 4.78 is 5.35. The summed E-state index contributed by atoms with van der Waals surface area (Å²) >= 11 is 0. The highest BCUT2D eigenvalue weighted by molar-refractivity contribution is 6.04. The molecule has 0 aliphatic carbocycles. The third-order valence-corrected chi connectivity index (χ3v) is 5.06. The lowest BCUT2D eigenvalue weighted by Crippen LogP contribution is -2.43. The molecule has 1 aliphatic heterocycles. The minimum absolute atomic E-state index is 0.166. The van der Waals surface area contributed by atoms with E-state index in [1.54, 1.807) is 32.9 Å². The number of carbonyl (C=O) groups is 3. The lowest BCUT2D eigenvalue weighted by molar-refractivity contribution is -0.142. The van der Waals surface area contributed by atoms with Crippen LogP contribution in [0.2, 0.25) is 0 Å². The lowest BCUT2D eigenvalue weighted by Gasteiger charge is -2.26. The van der Waals surface area contributed by atoms with Gasteiger partial charge in [0.15, 0.2) is 0 Å². The molecule has 8 nitrogen and oxygen atoms in total. The highest BCUT2D eigenvalue weighted by Gasteiger charge is 2.41. The van der Waals surface area contributed by atoms with Gasteiger partial charge in [-0.25, -0.2) is 9.59 Å². The van der Waals surface area contributed by atoms with Crippen molar-refractivity contribution < 1.29 is 24.2 Å². The van der Waals surface area contributed by atoms with Gasteiger partial charge in [-0.05, 0) is 57.0 Å². The summed E-state index contributed by atoms with van der Waals surface area (Å²) in [7, 11) is 0. The van der Waals surface area contributed by atoms with Crippen LogP contribution in [0.25, 0.3) is 0 Å². The molecular weight excluding hydrogens is 410 g/mol. The van der Waals surface area contributed by atoms with Crippen molar-refractivity contribution in [1.82, 2.24) is 10.2 Å². The van der Waals surface area contributed by atoms with Crippen LogP contribution in [0.4, 0.5) is 10.5 Å². The maximum Gasteiger partial charge on any atom is 0.411 e. The molecule has 1 aliphatic rings. The van der Waals surface area contributed by atoms with Crippen molar-refractivity contribution in [3.05, 3.63) is 65.7 Å². The van der Waals surface area contributed by atoms with Crippen LogP contribution in [0.5, 0.6) is 0 Å². The molecule has 2 aromatic rings. The maximum atomic E-state index is 12.4. The normalized spacial score (nSPS) is 18.3. The molecule has 1 saturated heterocycles. The van der Waals surface area contributed by atoms with E-state index in [1.165, 1.54) is 4.90 Å². The van der Waals surface area contributed by atoms with E-state index >= 15 is 0 Å². The number of ether oxygens (including phenoxy) is 1. The first-order chi connectivity index (χ1) is 15.1. The zero-order chi connectivity index (χ0) is 23.3. The zero-order valence-corrected chi connectivity index (χ0v) is 18.5. The summed E-state index contributed by atoms with van der Waals surface area (Å²) in [5.41, 5.74) is 1.56. The van der Waals surface area contributed by atoms with E-state index in [0.29, 0.717) is 24.2 Å². The molecule has 1 fully saturated rings. The number of likely N-dealkylation sites (tertiary alicyclic amines) is 1. The summed E-state index contributed by atoms with van der Waals surface area (Å²) in [5, 5.41) is 15.7. The van der Waals surface area contributed by atoms with Crippen LogP contribution in [-0.2, 0) is 16.1 Å². The van der Waals surface area contributed by atoms with Crippen molar-refractivity contribution in [3.63, 3.8) is 0 Å². The molecule has 0 aromatic heterocycles. The molecule has 0 saturated carbocycles. The van der Waals surface area contributed by atoms with Crippen LogP contribution in [0.1, 0.15) is 43.1 Å². The largest absolute Gasteiger partial charge is 0.480 e. The van der Waals surface area contributed by atoms with Gasteiger partial charge in [0.2, 0.25) is 0 Å². The van der Waals surface area contributed by atoms with E-state index in [9.17, 15) is 19.5 Å². The summed E-state index contributed by atoms with van der Waals surface area (Å²) in [5.74, 6) is -1.22. The molecular formula is C24H29N3O5. The number of anilines is 1. The van der Waals surface area contributed by atoms with Crippen LogP contribution >= 0.6 is 0 Å². The Balaban J connectivity index is 1.54. The summed E-state index contributed by atoms with van der Waals surface area (Å²) in [6, 6.07) is 15.3. The number of hydrogen-bond acceptors (Lipinski definition) is 5. The van der Waals surface area contributed by atoms with Gasteiger partial charge in [-0.3, -0.25) is 9.69 Å². The molecule has 0 unspecified atom stereocenters. The molecule has 170 valence electrons. The molecule has 2 aromatic carbocycles. The Morgan fingerprint density at radius 1 is 1.06 bits per heavy atom. The predicted octanol–water partition coefficient (Wildman–Crippen LogP) is 3.49. The fraction of sp³-hybridized carbons (Fsp3) is 0.375. The third-order valence-electron chi connectivity index (χ3n) is 5.06. The summed E-state index contributed by atoms with van der Waals surface area (Å²) in [6.45, 7) is 6.01. The number of carboxylic acid groups (broad SMARTS) is 1. The van der Waals surface area contributed by atoms with Gasteiger partial charge >= 0.3 is 12.1 Å². The first-order valence-electron chi connectivity index (χ1n) is 10.5. The van der Waals surface area contributed by atoms with Gasteiger partial charge in [-0.15, -0.1) is 0 Å². The second-order valence-corrected chi connectivity index (χ2v) is 8.82. The van der Waals surface area contributed by atoms with E-state index in [2.05, 4.69) is 10.6 Å². The van der Waals surface area contributed by atoms with Crippen molar-refractivity contribution >= 4 is 23.7 Å². The monoisotopic (exact) mass is 439 g/mol. The second kappa shape index (κ2) is 9.82. The minimum Gasteiger partial charge on any atom is -0.480 e. The van der Waals surface area contributed by atoms with Gasteiger partial charge in [-0.1, -0.05) is 30.3 Å². The van der Waals surface area contributed by atoms with Gasteiger partial charge in [0.25, 0.3) is 5.91 Å². The van der Waals surface area contributed by atoms with E-state index in [1.807, 2.05) is 42.5 Å². The SMILES string of the molecule is CC(C)(C)OC(=O)N1C[C@@H](NCc2ccc(NC(=O)c3ccccc3)cc2)C[C@H]1C(=O)O. The fourth-order valence-corrected chi connectivity index (χ4v) is 3.50. The van der Waals surface area contributed by atoms with E-state index in [4.69, 9.17) is 4.74 Å². The van der Waals surface area contributed by atoms with Crippen molar-refractivity contribution in [3.8, 4) is 0 Å². The van der Waals surface area contributed by atoms with Crippen LogP contribution in [0, 0.1) is 0 Å². The molecule has 2 amide bonds. The minimum atomic E-state index is -1.04. The van der Waals surface area contributed by atoms with Gasteiger partial charge in [0.1, 0.15) is 11.6 Å². The maximum absolute atomic E-state index is 12.4. The highest BCUT2D eigenvalue weighted by Crippen LogP contribution is 2.22. The van der Waals surface area contributed by atoms with Crippen LogP contribution < -0.4 is 10.6 Å². The third kappa shape index (κ3) is 6.31. The Kier molecular flexibility index (Phi) is 7.15. The number of rotatable bonds is 6. The molecule has 3 N–H and O–H groups in total. The number of aliphatic carboxylic acids is 1. The number of carbonyl (C=O) groups excluding carboxylic acids is 2. The van der Waals surface area contributed by atoms with Gasteiger partial charge < -0.3 is 20.5 Å². The Labute approximate surface area is 187 Å². The lowest BCUT2D eigenvalue weighted by atomic mass is 10.1. The van der Waals surface area contributed by atoms with Crippen molar-refractivity contribution in [2.75, 3.05) is 11.9 Å². The average Bonchev–Trinajstić information content (AvgIpc) is 3.18. The van der Waals surface area contributed by atoms with E-state index < -0.39 is 23.7 Å². The van der Waals surface area contributed by atoms with Gasteiger partial charge in [0.05, 0.1) is 0 Å². The Bertz CT molecular complexity index is 954. The van der Waals surface area contributed by atoms with E-state index in [0.717, 1.165) is 5.56 Å². The van der Waals surface area contributed by atoms with Crippen LogP contribution in [-0.4, -0.2) is 52.2 Å². The summed E-state index contributed by atoms with van der Waals surface area (Å²) in [6.07, 6.45) is -0.313. The number of hydrogen-bond donors (Lipinski definition) is 3. The van der Waals surface area contributed by atoms with E-state index in [-0.39, 0.29) is 18.5 Å². The summed E-state index contributed by atoms with van der Waals surface area (Å²) in [4.78, 5) is 37.5. The molecule has 0 bridgehead atoms. The van der Waals surface area contributed by atoms with Gasteiger partial charge in [0, 0.05) is 30.4 Å². The highest BCUT2D eigenvalue weighted by atomic mass is 16.6. The van der Waals surface area contributed by atoms with Crippen LogP contribution in [0.3, 0.4) is 0 Å². The first-order valence-corrected chi connectivity index (χ1v) is 10.5. The number of nitrogens with one attached hydrogen (secondary N) is 2. The average molecular weight is 440 g/mol. The smallest absolute Gasteiger partial charge is 0.411 e. The number of nitrogens with zero attached hydrogens (tertiary/aromatic N) is 1. The topological polar surface area (TPSA) is 108 Å². The quantitative estimate of drug-likeness (QED) is 0.636. The Morgan fingerprint density at radius 3 is 2.31 bits per heavy atom. The predicted molar refractivity (Wildman–Crippen MR) is 120 cm³/mol. The zero-order valence-electron chi connectivity index (χ0n) is 18.5. The Morgan fingerprint density at radius 2 is 1.72 bits per heavy atom. The molecule has 8 heteroatoms. The van der Waals surface area contributed by atoms with Crippen molar-refractivity contribution in [2.45, 2.75) is 51.4 Å². The standard InChI is InChI=1S/C24H29N3O5/c1-24(2,3)32-23(31)27-15-19(13-20(27)22(29)30)25-14-16-9-11-18(12-10-16)26-21(28)17-7-5-4-6-8-17/h4-12,19-20,25H,13-15H2,1-3H3,(H,26,28)(H,29,30)/t19-,20-/m0/s1. The molecule has 32 heavy (non-hydrogen) atoms. The fourth-order valence-electron chi connectivity index (χ4n) is 3.50. The molecule has 0 spiro atoms. The molecule has 2 atom stereocenters. The van der Waals surface area contributed by atoms with Crippen molar-refractivity contribution in [2.24, 2.45) is 0 Å².